The highest BCUT2D eigenvalue weighted by Gasteiger charge is 2.33. The van der Waals surface area contributed by atoms with E-state index in [1.165, 1.54) is 57.1 Å². The lowest BCUT2D eigenvalue weighted by Crippen LogP contribution is -2.51. The summed E-state index contributed by atoms with van der Waals surface area (Å²) in [5.74, 6) is 0.804. The van der Waals surface area contributed by atoms with Crippen LogP contribution < -0.4 is 10.6 Å². The fourth-order valence-corrected chi connectivity index (χ4v) is 4.14. The fourth-order valence-electron chi connectivity index (χ4n) is 4.14. The smallest absolute Gasteiger partial charge is 0.0315 e. The number of pyridine rings is 1. The van der Waals surface area contributed by atoms with Crippen molar-refractivity contribution in [3.63, 3.8) is 0 Å². The van der Waals surface area contributed by atoms with Crippen LogP contribution in [0, 0.1) is 5.92 Å². The Morgan fingerprint density at radius 3 is 2.81 bits per heavy atom. The van der Waals surface area contributed by atoms with Gasteiger partial charge in [0.25, 0.3) is 0 Å². The van der Waals surface area contributed by atoms with E-state index in [1.54, 1.807) is 0 Å². The number of piperidine rings is 1. The van der Waals surface area contributed by atoms with Crippen LogP contribution in [-0.2, 0) is 0 Å². The fraction of sp³-hybridized carbons (Fsp3) is 0.722. The first-order valence-electron chi connectivity index (χ1n) is 8.74. The second-order valence-corrected chi connectivity index (χ2v) is 6.79. The third-order valence-corrected chi connectivity index (χ3v) is 5.33. The van der Waals surface area contributed by atoms with E-state index in [-0.39, 0.29) is 0 Å². The Bertz CT molecular complexity index is 414. The molecule has 2 fully saturated rings. The molecule has 1 aromatic rings. The quantitative estimate of drug-likeness (QED) is 0.891. The molecule has 0 bridgehead atoms. The molecule has 2 N–H and O–H groups in total. The van der Waals surface area contributed by atoms with Gasteiger partial charge in [0.2, 0.25) is 0 Å². The van der Waals surface area contributed by atoms with Gasteiger partial charge in [-0.3, -0.25) is 4.98 Å². The van der Waals surface area contributed by atoms with Gasteiger partial charge in [0.1, 0.15) is 0 Å². The van der Waals surface area contributed by atoms with E-state index in [2.05, 4.69) is 28.6 Å². The molecular weight excluding hydrogens is 258 g/mol. The van der Waals surface area contributed by atoms with E-state index in [9.17, 15) is 0 Å². The lowest BCUT2D eigenvalue weighted by atomic mass is 9.77. The summed E-state index contributed by atoms with van der Waals surface area (Å²) in [5, 5.41) is 7.68. The third kappa shape index (κ3) is 3.83. The molecule has 0 amide bonds. The van der Waals surface area contributed by atoms with Crippen LogP contribution in [0.2, 0.25) is 0 Å². The van der Waals surface area contributed by atoms with Crippen molar-refractivity contribution >= 4 is 0 Å². The van der Waals surface area contributed by atoms with Crippen molar-refractivity contribution in [3.05, 3.63) is 30.1 Å². The standard InChI is InChI=1S/C18H29N3/c1-14(15-7-6-11-19-13-15)21-18-10-3-2-8-16(18)17-9-4-5-12-20-17/h6-7,11,13-14,16-18,20-21H,2-5,8-10,12H2,1H3/t14-,16?,17?,18?/m1/s1. The summed E-state index contributed by atoms with van der Waals surface area (Å²) in [7, 11) is 0. The molecule has 3 heteroatoms. The molecule has 1 aromatic heterocycles. The Labute approximate surface area is 128 Å². The van der Waals surface area contributed by atoms with Gasteiger partial charge >= 0.3 is 0 Å². The average Bonchev–Trinajstić information content (AvgIpc) is 2.57. The minimum atomic E-state index is 0.396. The molecule has 2 heterocycles. The topological polar surface area (TPSA) is 37.0 Å². The van der Waals surface area contributed by atoms with Gasteiger partial charge in [0.15, 0.2) is 0 Å². The first-order valence-corrected chi connectivity index (χ1v) is 8.74. The van der Waals surface area contributed by atoms with Gasteiger partial charge in [-0.2, -0.15) is 0 Å². The highest BCUT2D eigenvalue weighted by molar-refractivity contribution is 5.13. The summed E-state index contributed by atoms with van der Waals surface area (Å²) < 4.78 is 0. The van der Waals surface area contributed by atoms with Crippen LogP contribution in [0.25, 0.3) is 0 Å². The molecule has 0 aromatic carbocycles. The number of nitrogens with one attached hydrogen (secondary N) is 2. The maximum Gasteiger partial charge on any atom is 0.0315 e. The molecular formula is C18H29N3. The highest BCUT2D eigenvalue weighted by atomic mass is 15.0. The van der Waals surface area contributed by atoms with Crippen molar-refractivity contribution in [1.82, 2.24) is 15.6 Å². The molecule has 4 atom stereocenters. The molecule has 3 nitrogen and oxygen atoms in total. The lowest BCUT2D eigenvalue weighted by molar-refractivity contribution is 0.173. The number of rotatable bonds is 4. The molecule has 116 valence electrons. The number of hydrogen-bond donors (Lipinski definition) is 2. The van der Waals surface area contributed by atoms with Crippen molar-refractivity contribution < 1.29 is 0 Å². The molecule has 1 aliphatic carbocycles. The van der Waals surface area contributed by atoms with Crippen molar-refractivity contribution in [2.24, 2.45) is 5.92 Å². The highest BCUT2D eigenvalue weighted by Crippen LogP contribution is 2.31. The van der Waals surface area contributed by atoms with Crippen LogP contribution in [0.5, 0.6) is 0 Å². The van der Waals surface area contributed by atoms with Crippen molar-refractivity contribution in [2.75, 3.05) is 6.54 Å². The van der Waals surface area contributed by atoms with Gasteiger partial charge in [-0.1, -0.05) is 25.3 Å². The Kier molecular flexibility index (Phi) is 5.26. The Balaban J connectivity index is 1.63. The minimum absolute atomic E-state index is 0.396. The third-order valence-electron chi connectivity index (χ3n) is 5.33. The number of nitrogens with zero attached hydrogens (tertiary/aromatic N) is 1. The summed E-state index contributed by atoms with van der Waals surface area (Å²) in [6.45, 7) is 3.49. The first-order chi connectivity index (χ1) is 10.3. The van der Waals surface area contributed by atoms with Gasteiger partial charge in [-0.15, -0.1) is 0 Å². The van der Waals surface area contributed by atoms with Crippen molar-refractivity contribution in [3.8, 4) is 0 Å². The Morgan fingerprint density at radius 2 is 2.05 bits per heavy atom. The molecule has 1 saturated heterocycles. The molecule has 0 radical (unpaired) electrons. The minimum Gasteiger partial charge on any atom is -0.314 e. The summed E-state index contributed by atoms with van der Waals surface area (Å²) in [5.41, 5.74) is 1.30. The molecule has 3 unspecified atom stereocenters. The van der Waals surface area contributed by atoms with Crippen molar-refractivity contribution in [2.45, 2.75) is 70.0 Å². The van der Waals surface area contributed by atoms with E-state index < -0.39 is 0 Å². The summed E-state index contributed by atoms with van der Waals surface area (Å²) in [6, 6.07) is 6.01. The average molecular weight is 287 g/mol. The molecule has 1 aliphatic heterocycles. The van der Waals surface area contributed by atoms with Gasteiger partial charge in [0.05, 0.1) is 0 Å². The van der Waals surface area contributed by atoms with E-state index in [0.717, 1.165) is 12.0 Å². The summed E-state index contributed by atoms with van der Waals surface area (Å²) in [6.07, 6.45) is 13.5. The second-order valence-electron chi connectivity index (χ2n) is 6.79. The molecule has 1 saturated carbocycles. The molecule has 0 spiro atoms. The van der Waals surface area contributed by atoms with E-state index in [1.807, 2.05) is 18.5 Å². The predicted molar refractivity (Wildman–Crippen MR) is 87.2 cm³/mol. The molecule has 2 aliphatic rings. The van der Waals surface area contributed by atoms with Gasteiger partial charge in [-0.25, -0.2) is 0 Å². The van der Waals surface area contributed by atoms with E-state index in [0.29, 0.717) is 12.1 Å². The van der Waals surface area contributed by atoms with E-state index >= 15 is 0 Å². The van der Waals surface area contributed by atoms with Gasteiger partial charge in [0, 0.05) is 30.5 Å². The van der Waals surface area contributed by atoms with Crippen molar-refractivity contribution in [1.29, 1.82) is 0 Å². The van der Waals surface area contributed by atoms with Gasteiger partial charge < -0.3 is 10.6 Å². The summed E-state index contributed by atoms with van der Waals surface area (Å²) >= 11 is 0. The summed E-state index contributed by atoms with van der Waals surface area (Å²) in [4.78, 5) is 4.26. The molecule has 21 heavy (non-hydrogen) atoms. The monoisotopic (exact) mass is 287 g/mol. The zero-order valence-corrected chi connectivity index (χ0v) is 13.2. The van der Waals surface area contributed by atoms with Crippen LogP contribution in [0.1, 0.15) is 63.5 Å². The zero-order chi connectivity index (χ0) is 14.5. The van der Waals surface area contributed by atoms with Gasteiger partial charge in [-0.05, 0) is 56.7 Å². The van der Waals surface area contributed by atoms with Crippen LogP contribution in [-0.4, -0.2) is 23.6 Å². The van der Waals surface area contributed by atoms with Crippen LogP contribution in [0.3, 0.4) is 0 Å². The van der Waals surface area contributed by atoms with Crippen LogP contribution in [0.15, 0.2) is 24.5 Å². The predicted octanol–water partition coefficient (Wildman–Crippen LogP) is 3.43. The second kappa shape index (κ2) is 7.37. The zero-order valence-electron chi connectivity index (χ0n) is 13.2. The van der Waals surface area contributed by atoms with E-state index in [4.69, 9.17) is 0 Å². The van der Waals surface area contributed by atoms with Crippen LogP contribution in [0.4, 0.5) is 0 Å². The largest absolute Gasteiger partial charge is 0.314 e. The van der Waals surface area contributed by atoms with Crippen LogP contribution >= 0.6 is 0 Å². The SMILES string of the molecule is C[C@@H](NC1CCCCC1C1CCCCN1)c1cccnc1. The number of aromatic nitrogens is 1. The lowest BCUT2D eigenvalue weighted by Gasteiger charge is -2.41. The molecule has 3 rings (SSSR count). The Hall–Kier alpha value is -0.930. The maximum absolute atomic E-state index is 4.26. The Morgan fingerprint density at radius 1 is 1.19 bits per heavy atom. The maximum atomic E-state index is 4.26. The first kappa shape index (κ1) is 15.0. The normalized spacial score (nSPS) is 31.8. The number of hydrogen-bond acceptors (Lipinski definition) is 3.